The van der Waals surface area contributed by atoms with Gasteiger partial charge in [-0.2, -0.15) is 0 Å². The summed E-state index contributed by atoms with van der Waals surface area (Å²) in [5, 5.41) is 15.6. The van der Waals surface area contributed by atoms with Gasteiger partial charge >= 0.3 is 0 Å². The summed E-state index contributed by atoms with van der Waals surface area (Å²) in [7, 11) is 0. The summed E-state index contributed by atoms with van der Waals surface area (Å²) in [6, 6.07) is 11.7. The number of hydrogen-bond acceptors (Lipinski definition) is 4. The summed E-state index contributed by atoms with van der Waals surface area (Å²) >= 11 is 0. The van der Waals surface area contributed by atoms with Crippen LogP contribution >= 0.6 is 0 Å². The van der Waals surface area contributed by atoms with Crippen molar-refractivity contribution in [2.75, 3.05) is 18.5 Å². The standard InChI is InChI=1S/C12H14N2O2/c15-8-4-7-13-12-9-11(16-14-12)10-5-2-1-3-6-10/h1-3,5-6,9,15H,4,7-8H2,(H,13,14). The fourth-order valence-electron chi connectivity index (χ4n) is 1.39. The van der Waals surface area contributed by atoms with Crippen molar-refractivity contribution in [3.8, 4) is 11.3 Å². The molecule has 2 N–H and O–H groups in total. The Morgan fingerprint density at radius 1 is 1.25 bits per heavy atom. The number of hydrogen-bond donors (Lipinski definition) is 2. The third-order valence-electron chi connectivity index (χ3n) is 2.21. The van der Waals surface area contributed by atoms with Gasteiger partial charge in [0.1, 0.15) is 0 Å². The first-order chi connectivity index (χ1) is 7.90. The van der Waals surface area contributed by atoms with Crippen molar-refractivity contribution in [1.29, 1.82) is 0 Å². The zero-order chi connectivity index (χ0) is 11.2. The molecule has 0 spiro atoms. The zero-order valence-corrected chi connectivity index (χ0v) is 8.89. The molecular formula is C12H14N2O2. The van der Waals surface area contributed by atoms with Crippen molar-refractivity contribution in [2.45, 2.75) is 6.42 Å². The third kappa shape index (κ3) is 2.61. The van der Waals surface area contributed by atoms with E-state index in [0.29, 0.717) is 18.8 Å². The molecule has 84 valence electrons. The van der Waals surface area contributed by atoms with Gasteiger partial charge in [0.15, 0.2) is 11.6 Å². The van der Waals surface area contributed by atoms with Gasteiger partial charge in [-0.05, 0) is 6.42 Å². The molecule has 0 amide bonds. The van der Waals surface area contributed by atoms with E-state index in [1.165, 1.54) is 0 Å². The first-order valence-electron chi connectivity index (χ1n) is 5.27. The number of rotatable bonds is 5. The van der Waals surface area contributed by atoms with Gasteiger partial charge in [-0.15, -0.1) is 0 Å². The Labute approximate surface area is 93.9 Å². The second kappa shape index (κ2) is 5.32. The normalized spacial score (nSPS) is 10.3. The maximum atomic E-state index is 8.64. The maximum Gasteiger partial charge on any atom is 0.170 e. The summed E-state index contributed by atoms with van der Waals surface area (Å²) in [6.45, 7) is 0.869. The van der Waals surface area contributed by atoms with E-state index in [9.17, 15) is 0 Å². The molecule has 0 aliphatic rings. The molecule has 0 unspecified atom stereocenters. The van der Waals surface area contributed by atoms with Crippen LogP contribution in [0, 0.1) is 0 Å². The van der Waals surface area contributed by atoms with E-state index < -0.39 is 0 Å². The summed E-state index contributed by atoms with van der Waals surface area (Å²) in [4.78, 5) is 0. The van der Waals surface area contributed by atoms with Crippen LogP contribution in [0.4, 0.5) is 5.82 Å². The molecule has 0 saturated heterocycles. The number of nitrogens with zero attached hydrogens (tertiary/aromatic N) is 1. The minimum atomic E-state index is 0.177. The van der Waals surface area contributed by atoms with Gasteiger partial charge in [0, 0.05) is 24.8 Å². The van der Waals surface area contributed by atoms with Crippen LogP contribution in [0.2, 0.25) is 0 Å². The quantitative estimate of drug-likeness (QED) is 0.755. The highest BCUT2D eigenvalue weighted by atomic mass is 16.5. The highest BCUT2D eigenvalue weighted by Gasteiger charge is 2.04. The molecule has 0 bridgehead atoms. The molecule has 0 saturated carbocycles. The van der Waals surface area contributed by atoms with Crippen LogP contribution in [0.15, 0.2) is 40.9 Å². The fourth-order valence-corrected chi connectivity index (χ4v) is 1.39. The molecule has 0 atom stereocenters. The van der Waals surface area contributed by atoms with Gasteiger partial charge in [0.25, 0.3) is 0 Å². The van der Waals surface area contributed by atoms with Crippen molar-refractivity contribution in [3.05, 3.63) is 36.4 Å². The van der Waals surface area contributed by atoms with Gasteiger partial charge < -0.3 is 14.9 Å². The maximum absolute atomic E-state index is 8.64. The van der Waals surface area contributed by atoms with E-state index in [2.05, 4.69) is 10.5 Å². The average molecular weight is 218 g/mol. The molecule has 4 heteroatoms. The van der Waals surface area contributed by atoms with Crippen molar-refractivity contribution in [1.82, 2.24) is 5.16 Å². The molecule has 0 aliphatic carbocycles. The second-order valence-corrected chi connectivity index (χ2v) is 3.45. The predicted octanol–water partition coefficient (Wildman–Crippen LogP) is 2.14. The Balaban J connectivity index is 2.02. The molecule has 16 heavy (non-hydrogen) atoms. The summed E-state index contributed by atoms with van der Waals surface area (Å²) < 4.78 is 5.21. The lowest BCUT2D eigenvalue weighted by molar-refractivity contribution is 0.292. The van der Waals surface area contributed by atoms with Crippen molar-refractivity contribution >= 4 is 5.82 Å². The zero-order valence-electron chi connectivity index (χ0n) is 8.89. The lowest BCUT2D eigenvalue weighted by Crippen LogP contribution is -2.03. The summed E-state index contributed by atoms with van der Waals surface area (Å²) in [5.41, 5.74) is 1.00. The van der Waals surface area contributed by atoms with Crippen LogP contribution < -0.4 is 5.32 Å². The number of aliphatic hydroxyl groups excluding tert-OH is 1. The number of nitrogens with one attached hydrogen (secondary N) is 1. The highest BCUT2D eigenvalue weighted by Crippen LogP contribution is 2.21. The van der Waals surface area contributed by atoms with Gasteiger partial charge in [0.2, 0.25) is 0 Å². The highest BCUT2D eigenvalue weighted by molar-refractivity contribution is 5.60. The Morgan fingerprint density at radius 2 is 2.06 bits per heavy atom. The van der Waals surface area contributed by atoms with E-state index in [4.69, 9.17) is 9.63 Å². The van der Waals surface area contributed by atoms with Crippen LogP contribution in [-0.2, 0) is 0 Å². The van der Waals surface area contributed by atoms with Crippen molar-refractivity contribution in [3.63, 3.8) is 0 Å². The van der Waals surface area contributed by atoms with E-state index in [1.54, 1.807) is 0 Å². The molecular weight excluding hydrogens is 204 g/mol. The Bertz CT molecular complexity index is 426. The molecule has 1 aromatic carbocycles. The van der Waals surface area contributed by atoms with E-state index in [1.807, 2.05) is 36.4 Å². The number of aliphatic hydroxyl groups is 1. The minimum Gasteiger partial charge on any atom is -0.396 e. The Hall–Kier alpha value is -1.81. The van der Waals surface area contributed by atoms with Crippen LogP contribution in [-0.4, -0.2) is 23.4 Å². The molecule has 1 heterocycles. The largest absolute Gasteiger partial charge is 0.396 e. The fraction of sp³-hybridized carbons (Fsp3) is 0.250. The van der Waals surface area contributed by atoms with Crippen LogP contribution in [0.3, 0.4) is 0 Å². The van der Waals surface area contributed by atoms with Crippen LogP contribution in [0.5, 0.6) is 0 Å². The Kier molecular flexibility index (Phi) is 3.56. The lowest BCUT2D eigenvalue weighted by Gasteiger charge is -1.97. The predicted molar refractivity (Wildman–Crippen MR) is 62.1 cm³/mol. The summed E-state index contributed by atoms with van der Waals surface area (Å²) in [6.07, 6.45) is 0.702. The van der Waals surface area contributed by atoms with Crippen LogP contribution in [0.25, 0.3) is 11.3 Å². The molecule has 4 nitrogen and oxygen atoms in total. The van der Waals surface area contributed by atoms with Gasteiger partial charge in [-0.3, -0.25) is 0 Å². The first kappa shape index (κ1) is 10.7. The van der Waals surface area contributed by atoms with Gasteiger partial charge in [0.05, 0.1) is 0 Å². The third-order valence-corrected chi connectivity index (χ3v) is 2.21. The minimum absolute atomic E-state index is 0.177. The molecule has 2 aromatic rings. The van der Waals surface area contributed by atoms with E-state index in [0.717, 1.165) is 11.3 Å². The molecule has 0 aliphatic heterocycles. The SMILES string of the molecule is OCCCNc1cc(-c2ccccc2)on1. The van der Waals surface area contributed by atoms with Gasteiger partial charge in [-0.25, -0.2) is 0 Å². The smallest absolute Gasteiger partial charge is 0.170 e. The monoisotopic (exact) mass is 218 g/mol. The molecule has 0 fully saturated rings. The molecule has 0 radical (unpaired) electrons. The average Bonchev–Trinajstić information content (AvgIpc) is 2.79. The molecule has 1 aromatic heterocycles. The van der Waals surface area contributed by atoms with E-state index >= 15 is 0 Å². The Morgan fingerprint density at radius 3 is 2.81 bits per heavy atom. The number of benzene rings is 1. The van der Waals surface area contributed by atoms with Crippen molar-refractivity contribution in [2.24, 2.45) is 0 Å². The number of anilines is 1. The van der Waals surface area contributed by atoms with Gasteiger partial charge in [-0.1, -0.05) is 35.5 Å². The second-order valence-electron chi connectivity index (χ2n) is 3.45. The van der Waals surface area contributed by atoms with E-state index in [-0.39, 0.29) is 6.61 Å². The van der Waals surface area contributed by atoms with Crippen LogP contribution in [0.1, 0.15) is 6.42 Å². The summed E-state index contributed by atoms with van der Waals surface area (Å²) in [5.74, 6) is 1.44. The lowest BCUT2D eigenvalue weighted by atomic mass is 10.2. The number of aromatic nitrogens is 1. The first-order valence-corrected chi connectivity index (χ1v) is 5.27. The van der Waals surface area contributed by atoms with Crippen molar-refractivity contribution < 1.29 is 9.63 Å². The molecule has 2 rings (SSSR count). The topological polar surface area (TPSA) is 58.3 Å².